The Hall–Kier alpha value is -1.35. The maximum atomic E-state index is 11.8. The third-order valence-corrected chi connectivity index (χ3v) is 3.32. The summed E-state index contributed by atoms with van der Waals surface area (Å²) in [6.07, 6.45) is 1.12. The van der Waals surface area contributed by atoms with E-state index in [9.17, 15) is 13.2 Å². The van der Waals surface area contributed by atoms with E-state index in [-0.39, 0.29) is 18.0 Å². The van der Waals surface area contributed by atoms with Crippen molar-refractivity contribution in [3.05, 3.63) is 0 Å². The second kappa shape index (κ2) is 8.49. The van der Waals surface area contributed by atoms with Crippen LogP contribution in [0.3, 0.4) is 0 Å². The zero-order valence-corrected chi connectivity index (χ0v) is 16.0. The molecule has 4 N–H and O–H groups in total. The van der Waals surface area contributed by atoms with Gasteiger partial charge in [0.05, 0.1) is 6.26 Å². The van der Waals surface area contributed by atoms with Crippen molar-refractivity contribution in [2.75, 3.05) is 25.9 Å². The maximum absolute atomic E-state index is 11.8. The van der Waals surface area contributed by atoms with Gasteiger partial charge in [-0.1, -0.05) is 0 Å². The van der Waals surface area contributed by atoms with Gasteiger partial charge in [0.2, 0.25) is 15.9 Å². The fourth-order valence-corrected chi connectivity index (χ4v) is 2.87. The molecule has 0 aromatic carbocycles. The lowest BCUT2D eigenvalue weighted by atomic mass is 10.1. The number of aliphatic imine (C=N–C) groups is 1. The highest BCUT2D eigenvalue weighted by atomic mass is 32.2. The van der Waals surface area contributed by atoms with Gasteiger partial charge in [-0.25, -0.2) is 18.1 Å². The van der Waals surface area contributed by atoms with Gasteiger partial charge in [-0.15, -0.1) is 0 Å². The molecule has 8 nitrogen and oxygen atoms in total. The highest BCUT2D eigenvalue weighted by Gasteiger charge is 2.22. The summed E-state index contributed by atoms with van der Waals surface area (Å²) >= 11 is 0. The predicted molar refractivity (Wildman–Crippen MR) is 93.9 cm³/mol. The monoisotopic (exact) mass is 349 g/mol. The number of hydrogen-bond acceptors (Lipinski definition) is 4. The number of guanidine groups is 1. The summed E-state index contributed by atoms with van der Waals surface area (Å²) in [5.74, 6) is 0.281. The van der Waals surface area contributed by atoms with Gasteiger partial charge in [0.15, 0.2) is 5.96 Å². The second-order valence-electron chi connectivity index (χ2n) is 7.11. The SMILES string of the molecule is CCNC(=NCC(=O)NC(C)(C)C)NCC(C)(C)NS(C)(=O)=O. The van der Waals surface area contributed by atoms with Crippen LogP contribution in [0.25, 0.3) is 0 Å². The summed E-state index contributed by atoms with van der Waals surface area (Å²) < 4.78 is 25.2. The second-order valence-corrected chi connectivity index (χ2v) is 8.85. The molecule has 0 saturated carbocycles. The summed E-state index contributed by atoms with van der Waals surface area (Å²) in [7, 11) is -3.30. The van der Waals surface area contributed by atoms with E-state index in [4.69, 9.17) is 0 Å². The first-order chi connectivity index (χ1) is 10.2. The molecule has 0 heterocycles. The first kappa shape index (κ1) is 21.6. The van der Waals surface area contributed by atoms with Crippen LogP contribution in [0.15, 0.2) is 4.99 Å². The number of rotatable bonds is 7. The number of carbonyl (C=O) groups is 1. The normalized spacial score (nSPS) is 13.6. The van der Waals surface area contributed by atoms with E-state index in [1.54, 1.807) is 13.8 Å². The number of hydrogen-bond donors (Lipinski definition) is 4. The van der Waals surface area contributed by atoms with Crippen LogP contribution >= 0.6 is 0 Å². The van der Waals surface area contributed by atoms with Gasteiger partial charge in [0.1, 0.15) is 6.54 Å². The Morgan fingerprint density at radius 1 is 1.09 bits per heavy atom. The maximum Gasteiger partial charge on any atom is 0.242 e. The molecule has 9 heteroatoms. The van der Waals surface area contributed by atoms with Gasteiger partial charge < -0.3 is 16.0 Å². The van der Waals surface area contributed by atoms with E-state index in [0.29, 0.717) is 19.0 Å². The average molecular weight is 350 g/mol. The van der Waals surface area contributed by atoms with Crippen LogP contribution in [0.4, 0.5) is 0 Å². The molecule has 0 rings (SSSR count). The summed E-state index contributed by atoms with van der Waals surface area (Å²) in [6.45, 7) is 12.1. The molecule has 0 fully saturated rings. The van der Waals surface area contributed by atoms with Crippen molar-refractivity contribution < 1.29 is 13.2 Å². The van der Waals surface area contributed by atoms with Crippen molar-refractivity contribution in [2.24, 2.45) is 4.99 Å². The van der Waals surface area contributed by atoms with Gasteiger partial charge >= 0.3 is 0 Å². The van der Waals surface area contributed by atoms with E-state index >= 15 is 0 Å². The van der Waals surface area contributed by atoms with Crippen LogP contribution in [0, 0.1) is 0 Å². The molecule has 0 aromatic heterocycles. The predicted octanol–water partition coefficient (Wildman–Crippen LogP) is -0.216. The molecule has 0 bridgehead atoms. The number of nitrogens with zero attached hydrogens (tertiary/aromatic N) is 1. The third-order valence-electron chi connectivity index (χ3n) is 2.40. The summed E-state index contributed by atoms with van der Waals surface area (Å²) in [6, 6.07) is 0. The molecule has 0 radical (unpaired) electrons. The molecule has 0 spiro atoms. The molecule has 136 valence electrons. The average Bonchev–Trinajstić information content (AvgIpc) is 2.27. The Balaban J connectivity index is 4.68. The van der Waals surface area contributed by atoms with Gasteiger partial charge in [0, 0.05) is 24.2 Å². The van der Waals surface area contributed by atoms with Gasteiger partial charge in [0.25, 0.3) is 0 Å². The Kier molecular flexibility index (Phi) is 7.99. The first-order valence-electron chi connectivity index (χ1n) is 7.56. The van der Waals surface area contributed by atoms with Crippen molar-refractivity contribution >= 4 is 21.9 Å². The molecule has 0 unspecified atom stereocenters. The van der Waals surface area contributed by atoms with E-state index in [1.165, 1.54) is 0 Å². The van der Waals surface area contributed by atoms with Crippen LogP contribution in [-0.4, -0.2) is 57.3 Å². The highest BCUT2D eigenvalue weighted by Crippen LogP contribution is 2.02. The molecular weight excluding hydrogens is 318 g/mol. The highest BCUT2D eigenvalue weighted by molar-refractivity contribution is 7.88. The van der Waals surface area contributed by atoms with E-state index in [0.717, 1.165) is 6.26 Å². The molecule has 23 heavy (non-hydrogen) atoms. The van der Waals surface area contributed by atoms with Crippen molar-refractivity contribution in [3.63, 3.8) is 0 Å². The standard InChI is InChI=1S/C14H31N5O3S/c1-8-15-12(16-9-11(20)18-13(2,3)4)17-10-14(5,6)19-23(7,21)22/h19H,8-10H2,1-7H3,(H,18,20)(H2,15,16,17). The van der Waals surface area contributed by atoms with Crippen molar-refractivity contribution in [1.82, 2.24) is 20.7 Å². The van der Waals surface area contributed by atoms with Crippen molar-refractivity contribution in [3.8, 4) is 0 Å². The van der Waals surface area contributed by atoms with E-state index in [1.807, 2.05) is 27.7 Å². The van der Waals surface area contributed by atoms with Gasteiger partial charge in [-0.05, 0) is 41.5 Å². The topological polar surface area (TPSA) is 112 Å². The Bertz CT molecular complexity index is 521. The van der Waals surface area contributed by atoms with Gasteiger partial charge in [-0.3, -0.25) is 4.79 Å². The van der Waals surface area contributed by atoms with Crippen molar-refractivity contribution in [2.45, 2.75) is 52.6 Å². The summed E-state index contributed by atoms with van der Waals surface area (Å²) in [5, 5.41) is 8.88. The Labute approximate surface area is 140 Å². The third kappa shape index (κ3) is 12.8. The van der Waals surface area contributed by atoms with Crippen LogP contribution in [-0.2, 0) is 14.8 Å². The Morgan fingerprint density at radius 3 is 2.09 bits per heavy atom. The smallest absolute Gasteiger partial charge is 0.242 e. The molecule has 0 aliphatic rings. The summed E-state index contributed by atoms with van der Waals surface area (Å²) in [4.78, 5) is 16.0. The molecular formula is C14H31N5O3S. The minimum atomic E-state index is -3.30. The molecule has 0 atom stereocenters. The molecule has 0 saturated heterocycles. The minimum absolute atomic E-state index is 0.00740. The van der Waals surface area contributed by atoms with Crippen LogP contribution in [0.2, 0.25) is 0 Å². The molecule has 0 aliphatic heterocycles. The lowest BCUT2D eigenvalue weighted by Crippen LogP contribution is -2.53. The Morgan fingerprint density at radius 2 is 1.65 bits per heavy atom. The number of carbonyl (C=O) groups excluding carboxylic acids is 1. The van der Waals surface area contributed by atoms with Crippen molar-refractivity contribution in [1.29, 1.82) is 0 Å². The fourth-order valence-electron chi connectivity index (χ4n) is 1.79. The van der Waals surface area contributed by atoms with Crippen LogP contribution < -0.4 is 20.7 Å². The quantitative estimate of drug-likeness (QED) is 0.375. The molecule has 0 aliphatic carbocycles. The van der Waals surface area contributed by atoms with Crippen LogP contribution in [0.5, 0.6) is 0 Å². The number of amides is 1. The largest absolute Gasteiger partial charge is 0.357 e. The number of nitrogens with one attached hydrogen (secondary N) is 4. The fraction of sp³-hybridized carbons (Fsp3) is 0.857. The first-order valence-corrected chi connectivity index (χ1v) is 9.45. The van der Waals surface area contributed by atoms with Crippen LogP contribution in [0.1, 0.15) is 41.5 Å². The zero-order valence-electron chi connectivity index (χ0n) is 15.2. The van der Waals surface area contributed by atoms with E-state index in [2.05, 4.69) is 25.7 Å². The number of sulfonamides is 1. The zero-order chi connectivity index (χ0) is 18.3. The van der Waals surface area contributed by atoms with Gasteiger partial charge in [-0.2, -0.15) is 0 Å². The lowest BCUT2D eigenvalue weighted by Gasteiger charge is -2.26. The lowest BCUT2D eigenvalue weighted by molar-refractivity contribution is -0.121. The summed E-state index contributed by atoms with van der Waals surface area (Å²) in [5.41, 5.74) is -0.989. The molecule has 0 aromatic rings. The van der Waals surface area contributed by atoms with E-state index < -0.39 is 15.6 Å². The molecule has 1 amide bonds. The minimum Gasteiger partial charge on any atom is -0.357 e.